The Morgan fingerprint density at radius 3 is 2.27 bits per heavy atom. The topological polar surface area (TPSA) is 41.4 Å². The Morgan fingerprint density at radius 2 is 1.64 bits per heavy atom. The maximum absolute atomic E-state index is 6.02. The molecule has 0 aliphatic carbocycles. The minimum absolute atomic E-state index is 0.232. The summed E-state index contributed by atoms with van der Waals surface area (Å²) in [6.45, 7) is 2.23. The molecule has 0 aromatic heterocycles. The van der Waals surface area contributed by atoms with E-state index in [1.165, 1.54) is 16.7 Å². The molecule has 4 heteroatoms. The van der Waals surface area contributed by atoms with Crippen molar-refractivity contribution in [2.24, 2.45) is 10.7 Å². The van der Waals surface area contributed by atoms with Gasteiger partial charge in [0.1, 0.15) is 5.66 Å². The van der Waals surface area contributed by atoms with Crippen LogP contribution in [0.4, 0.5) is 0 Å². The third kappa shape index (κ3) is 2.42. The molecule has 1 saturated heterocycles. The van der Waals surface area contributed by atoms with E-state index >= 15 is 0 Å². The first kappa shape index (κ1) is 13.9. The molecule has 2 aromatic rings. The van der Waals surface area contributed by atoms with Crippen LogP contribution in [-0.4, -0.2) is 28.9 Å². The molecule has 2 aromatic carbocycles. The fourth-order valence-electron chi connectivity index (χ4n) is 3.17. The van der Waals surface area contributed by atoms with Gasteiger partial charge in [-0.05, 0) is 23.1 Å². The molecular weight excluding hydrogens is 290 g/mol. The van der Waals surface area contributed by atoms with Gasteiger partial charge in [0.25, 0.3) is 0 Å². The van der Waals surface area contributed by atoms with Gasteiger partial charge in [-0.1, -0.05) is 66.4 Å². The quantitative estimate of drug-likeness (QED) is 0.885. The Labute approximate surface area is 135 Å². The van der Waals surface area contributed by atoms with E-state index in [4.69, 9.17) is 10.7 Å². The van der Waals surface area contributed by atoms with E-state index in [0.29, 0.717) is 5.17 Å². The predicted molar refractivity (Wildman–Crippen MR) is 93.8 cm³/mol. The Bertz CT molecular complexity index is 692. The second-order valence-electron chi connectivity index (χ2n) is 5.80. The molecule has 1 atom stereocenters. The summed E-state index contributed by atoms with van der Waals surface area (Å²) in [7, 11) is 0. The number of aliphatic imine (C=N–C) groups is 1. The molecule has 2 aliphatic rings. The van der Waals surface area contributed by atoms with Crippen LogP contribution in [0.5, 0.6) is 0 Å². The molecule has 1 fully saturated rings. The summed E-state index contributed by atoms with van der Waals surface area (Å²) < 4.78 is 0. The lowest BCUT2D eigenvalue weighted by Crippen LogP contribution is -2.38. The largest absolute Gasteiger partial charge is 0.378 e. The molecule has 2 N–H and O–H groups in total. The summed E-state index contributed by atoms with van der Waals surface area (Å²) in [4.78, 5) is 7.25. The third-order valence-electron chi connectivity index (χ3n) is 4.42. The Kier molecular flexibility index (Phi) is 3.43. The number of benzene rings is 2. The van der Waals surface area contributed by atoms with E-state index in [9.17, 15) is 0 Å². The van der Waals surface area contributed by atoms with Gasteiger partial charge < -0.3 is 5.73 Å². The molecule has 0 radical (unpaired) electrons. The van der Waals surface area contributed by atoms with Crippen molar-refractivity contribution < 1.29 is 0 Å². The fourth-order valence-corrected chi connectivity index (χ4v) is 3.98. The van der Waals surface area contributed by atoms with Gasteiger partial charge in [-0.3, -0.25) is 4.90 Å². The van der Waals surface area contributed by atoms with Gasteiger partial charge in [0.2, 0.25) is 0 Å². The van der Waals surface area contributed by atoms with E-state index in [0.717, 1.165) is 25.3 Å². The summed E-state index contributed by atoms with van der Waals surface area (Å²) >= 11 is 1.66. The normalized spacial score (nSPS) is 24.8. The molecule has 3 nitrogen and oxygen atoms in total. The van der Waals surface area contributed by atoms with Crippen LogP contribution in [-0.2, 0) is 5.66 Å². The van der Waals surface area contributed by atoms with E-state index in [-0.39, 0.29) is 5.66 Å². The van der Waals surface area contributed by atoms with Crippen molar-refractivity contribution >= 4 is 16.9 Å². The lowest BCUT2D eigenvalue weighted by atomic mass is 9.94. The highest BCUT2D eigenvalue weighted by Crippen LogP contribution is 2.42. The van der Waals surface area contributed by atoms with Crippen molar-refractivity contribution in [2.75, 3.05) is 18.8 Å². The van der Waals surface area contributed by atoms with Gasteiger partial charge in [0.05, 0.1) is 0 Å². The van der Waals surface area contributed by atoms with Crippen molar-refractivity contribution in [2.45, 2.75) is 12.1 Å². The lowest BCUT2D eigenvalue weighted by Gasteiger charge is -2.35. The molecule has 0 bridgehead atoms. The summed E-state index contributed by atoms with van der Waals surface area (Å²) in [5.74, 6) is 1.03. The lowest BCUT2D eigenvalue weighted by molar-refractivity contribution is 0.233. The van der Waals surface area contributed by atoms with Crippen molar-refractivity contribution in [3.8, 4) is 11.1 Å². The van der Waals surface area contributed by atoms with Crippen molar-refractivity contribution in [1.29, 1.82) is 0 Å². The molecule has 112 valence electrons. The second kappa shape index (κ2) is 5.45. The highest BCUT2D eigenvalue weighted by molar-refractivity contribution is 8.13. The van der Waals surface area contributed by atoms with Gasteiger partial charge in [-0.25, -0.2) is 4.99 Å². The molecule has 2 aliphatic heterocycles. The zero-order valence-electron chi connectivity index (χ0n) is 12.4. The Balaban J connectivity index is 1.71. The number of hydrogen-bond donors (Lipinski definition) is 1. The van der Waals surface area contributed by atoms with Crippen LogP contribution in [0.1, 0.15) is 12.0 Å². The first-order valence-electron chi connectivity index (χ1n) is 7.67. The SMILES string of the molecule is NC1=NC(c2ccc(-c3ccccc3)cc2)(N2CC2)CCS1. The zero-order chi connectivity index (χ0) is 15.0. The van der Waals surface area contributed by atoms with Crippen LogP contribution in [0.15, 0.2) is 59.6 Å². The molecule has 0 amide bonds. The standard InChI is InChI=1S/C18H19N3S/c19-17-20-18(10-13-22-17,21-11-12-21)16-8-6-15(7-9-16)14-4-2-1-3-5-14/h1-9H,10-13H2,(H2,19,20). The number of rotatable bonds is 3. The highest BCUT2D eigenvalue weighted by atomic mass is 32.2. The van der Waals surface area contributed by atoms with Crippen molar-refractivity contribution in [3.05, 3.63) is 60.2 Å². The predicted octanol–water partition coefficient (Wildman–Crippen LogP) is 3.27. The van der Waals surface area contributed by atoms with Gasteiger partial charge in [-0.2, -0.15) is 0 Å². The number of amidine groups is 1. The maximum atomic E-state index is 6.02. The molecule has 1 unspecified atom stereocenters. The van der Waals surface area contributed by atoms with Gasteiger partial charge in [0, 0.05) is 18.8 Å². The van der Waals surface area contributed by atoms with E-state index < -0.39 is 0 Å². The minimum atomic E-state index is -0.232. The monoisotopic (exact) mass is 309 g/mol. The average molecular weight is 309 g/mol. The maximum Gasteiger partial charge on any atom is 0.156 e. The fraction of sp³-hybridized carbons (Fsp3) is 0.278. The number of nitrogens with zero attached hydrogens (tertiary/aromatic N) is 2. The number of nitrogens with two attached hydrogens (primary N) is 1. The van der Waals surface area contributed by atoms with Gasteiger partial charge >= 0.3 is 0 Å². The minimum Gasteiger partial charge on any atom is -0.378 e. The average Bonchev–Trinajstić information content (AvgIpc) is 3.41. The van der Waals surface area contributed by atoms with Crippen LogP contribution in [0.25, 0.3) is 11.1 Å². The van der Waals surface area contributed by atoms with Crippen molar-refractivity contribution in [3.63, 3.8) is 0 Å². The molecule has 4 rings (SSSR count). The van der Waals surface area contributed by atoms with Crippen molar-refractivity contribution in [1.82, 2.24) is 4.90 Å². The summed E-state index contributed by atoms with van der Waals surface area (Å²) in [6, 6.07) is 19.3. The summed E-state index contributed by atoms with van der Waals surface area (Å²) in [5.41, 5.74) is 9.54. The molecule has 2 heterocycles. The zero-order valence-corrected chi connectivity index (χ0v) is 13.2. The first-order chi connectivity index (χ1) is 10.8. The van der Waals surface area contributed by atoms with Crippen LogP contribution in [0, 0.1) is 0 Å². The number of hydrogen-bond acceptors (Lipinski definition) is 4. The first-order valence-corrected chi connectivity index (χ1v) is 8.66. The number of thioether (sulfide) groups is 1. The molecule has 0 saturated carbocycles. The highest BCUT2D eigenvalue weighted by Gasteiger charge is 2.45. The van der Waals surface area contributed by atoms with E-state index in [2.05, 4.69) is 53.4 Å². The van der Waals surface area contributed by atoms with Crippen LogP contribution >= 0.6 is 11.8 Å². The van der Waals surface area contributed by atoms with E-state index in [1.807, 2.05) is 6.07 Å². The van der Waals surface area contributed by atoms with Crippen LogP contribution in [0.2, 0.25) is 0 Å². The molecular formula is C18H19N3S. The van der Waals surface area contributed by atoms with Crippen LogP contribution < -0.4 is 5.73 Å². The van der Waals surface area contributed by atoms with E-state index in [1.54, 1.807) is 11.8 Å². The molecule has 22 heavy (non-hydrogen) atoms. The Hall–Kier alpha value is -1.78. The second-order valence-corrected chi connectivity index (χ2v) is 6.91. The summed E-state index contributed by atoms with van der Waals surface area (Å²) in [6.07, 6.45) is 1.03. The van der Waals surface area contributed by atoms with Gasteiger partial charge in [0.15, 0.2) is 5.17 Å². The molecule has 0 spiro atoms. The summed E-state index contributed by atoms with van der Waals surface area (Å²) in [5, 5.41) is 0.713. The third-order valence-corrected chi connectivity index (χ3v) is 5.22. The van der Waals surface area contributed by atoms with Crippen LogP contribution in [0.3, 0.4) is 0 Å². The Morgan fingerprint density at radius 1 is 0.955 bits per heavy atom. The smallest absolute Gasteiger partial charge is 0.156 e. The van der Waals surface area contributed by atoms with Gasteiger partial charge in [-0.15, -0.1) is 0 Å².